The van der Waals surface area contributed by atoms with Crippen LogP contribution in [-0.4, -0.2) is 23.4 Å². The smallest absolute Gasteiger partial charge is 0.242 e. The lowest BCUT2D eigenvalue weighted by Crippen LogP contribution is -2.55. The molecule has 1 heterocycles. The summed E-state index contributed by atoms with van der Waals surface area (Å²) in [6, 6.07) is 3.82. The van der Waals surface area contributed by atoms with E-state index < -0.39 is 5.54 Å². The molecular formula is C14H22N2O2. The molecule has 1 aliphatic carbocycles. The number of rotatable bonds is 3. The Labute approximate surface area is 108 Å². The molecule has 2 rings (SSSR count). The first-order valence-corrected chi connectivity index (χ1v) is 6.61. The molecule has 1 saturated carbocycles. The Morgan fingerprint density at radius 3 is 2.61 bits per heavy atom. The highest BCUT2D eigenvalue weighted by Crippen LogP contribution is 2.27. The van der Waals surface area contributed by atoms with Gasteiger partial charge in [0.25, 0.3) is 0 Å². The fraction of sp³-hybridized carbons (Fsp3) is 0.643. The van der Waals surface area contributed by atoms with E-state index in [1.807, 2.05) is 19.1 Å². The Morgan fingerprint density at radius 1 is 1.39 bits per heavy atom. The van der Waals surface area contributed by atoms with Gasteiger partial charge >= 0.3 is 0 Å². The normalized spacial score (nSPS) is 18.6. The number of hydrogen-bond donors (Lipinski definition) is 1. The third-order valence-electron chi connectivity index (χ3n) is 3.71. The predicted octanol–water partition coefficient (Wildman–Crippen LogP) is 2.21. The monoisotopic (exact) mass is 250 g/mol. The van der Waals surface area contributed by atoms with Gasteiger partial charge in [0.1, 0.15) is 11.5 Å². The molecule has 1 fully saturated rings. The maximum atomic E-state index is 12.4. The highest BCUT2D eigenvalue weighted by atomic mass is 16.3. The maximum Gasteiger partial charge on any atom is 0.242 e. The van der Waals surface area contributed by atoms with Crippen LogP contribution in [0, 0.1) is 6.92 Å². The fourth-order valence-corrected chi connectivity index (χ4v) is 2.65. The minimum absolute atomic E-state index is 0.0382. The molecule has 4 nitrogen and oxygen atoms in total. The summed E-state index contributed by atoms with van der Waals surface area (Å²) in [5.74, 6) is 1.71. The summed E-state index contributed by atoms with van der Waals surface area (Å²) in [6.45, 7) is 2.39. The number of nitrogens with zero attached hydrogens (tertiary/aromatic N) is 1. The molecule has 100 valence electrons. The minimum atomic E-state index is -0.658. The molecule has 1 aromatic rings. The highest BCUT2D eigenvalue weighted by Gasteiger charge is 2.37. The van der Waals surface area contributed by atoms with Gasteiger partial charge in [-0.25, -0.2) is 0 Å². The number of carbonyl (C=O) groups is 1. The van der Waals surface area contributed by atoms with Crippen molar-refractivity contribution in [3.8, 4) is 0 Å². The second kappa shape index (κ2) is 5.14. The van der Waals surface area contributed by atoms with Crippen molar-refractivity contribution in [1.29, 1.82) is 0 Å². The number of amides is 1. The van der Waals surface area contributed by atoms with Crippen LogP contribution in [0.2, 0.25) is 0 Å². The molecule has 0 radical (unpaired) electrons. The maximum absolute atomic E-state index is 12.4. The van der Waals surface area contributed by atoms with Crippen molar-refractivity contribution < 1.29 is 9.21 Å². The van der Waals surface area contributed by atoms with Crippen molar-refractivity contribution in [2.24, 2.45) is 5.73 Å². The first-order valence-electron chi connectivity index (χ1n) is 6.61. The van der Waals surface area contributed by atoms with Gasteiger partial charge in [0.15, 0.2) is 0 Å². The molecule has 2 N–H and O–H groups in total. The zero-order chi connectivity index (χ0) is 13.2. The molecule has 0 aromatic carbocycles. The van der Waals surface area contributed by atoms with E-state index >= 15 is 0 Å². The Hall–Kier alpha value is -1.29. The molecule has 0 spiro atoms. The zero-order valence-electron chi connectivity index (χ0n) is 11.2. The molecule has 0 saturated heterocycles. The van der Waals surface area contributed by atoms with Crippen LogP contribution in [0.1, 0.15) is 43.6 Å². The fourth-order valence-electron chi connectivity index (χ4n) is 2.65. The van der Waals surface area contributed by atoms with Crippen molar-refractivity contribution in [1.82, 2.24) is 4.90 Å². The average Bonchev–Trinajstić information content (AvgIpc) is 2.74. The first kappa shape index (κ1) is 13.1. The summed E-state index contributed by atoms with van der Waals surface area (Å²) < 4.78 is 5.49. The van der Waals surface area contributed by atoms with E-state index in [2.05, 4.69) is 0 Å². The quantitative estimate of drug-likeness (QED) is 0.894. The number of aryl methyl sites for hydroxylation is 1. The van der Waals surface area contributed by atoms with Crippen LogP contribution in [0.25, 0.3) is 0 Å². The third-order valence-corrected chi connectivity index (χ3v) is 3.71. The molecular weight excluding hydrogens is 228 g/mol. The Kier molecular flexibility index (Phi) is 3.76. The van der Waals surface area contributed by atoms with E-state index in [1.54, 1.807) is 11.9 Å². The lowest BCUT2D eigenvalue weighted by atomic mass is 9.81. The van der Waals surface area contributed by atoms with Crippen LogP contribution < -0.4 is 5.73 Å². The first-order chi connectivity index (χ1) is 8.51. The summed E-state index contributed by atoms with van der Waals surface area (Å²) in [4.78, 5) is 14.1. The number of nitrogens with two attached hydrogens (primary N) is 1. The topological polar surface area (TPSA) is 59.5 Å². The van der Waals surface area contributed by atoms with E-state index in [-0.39, 0.29) is 5.91 Å². The van der Waals surface area contributed by atoms with Gasteiger partial charge in [-0.05, 0) is 31.9 Å². The van der Waals surface area contributed by atoms with Crippen molar-refractivity contribution in [2.75, 3.05) is 7.05 Å². The molecule has 0 aliphatic heterocycles. The number of likely N-dealkylation sites (N-methyl/N-ethyl adjacent to an activating group) is 1. The van der Waals surface area contributed by atoms with Gasteiger partial charge in [0.05, 0.1) is 12.1 Å². The van der Waals surface area contributed by atoms with Crippen molar-refractivity contribution >= 4 is 5.91 Å². The lowest BCUT2D eigenvalue weighted by Gasteiger charge is -2.35. The molecule has 0 unspecified atom stereocenters. The molecule has 4 heteroatoms. The van der Waals surface area contributed by atoms with Crippen LogP contribution in [0.15, 0.2) is 16.5 Å². The van der Waals surface area contributed by atoms with E-state index in [0.717, 1.165) is 37.2 Å². The van der Waals surface area contributed by atoms with Gasteiger partial charge in [0.2, 0.25) is 5.91 Å². The third kappa shape index (κ3) is 2.75. The van der Waals surface area contributed by atoms with Crippen LogP contribution in [0.4, 0.5) is 0 Å². The van der Waals surface area contributed by atoms with E-state index in [0.29, 0.717) is 6.54 Å². The van der Waals surface area contributed by atoms with Crippen LogP contribution in [0.5, 0.6) is 0 Å². The van der Waals surface area contributed by atoms with Crippen molar-refractivity contribution in [3.05, 3.63) is 23.7 Å². The van der Waals surface area contributed by atoms with Gasteiger partial charge in [0, 0.05) is 7.05 Å². The zero-order valence-corrected chi connectivity index (χ0v) is 11.2. The van der Waals surface area contributed by atoms with E-state index in [1.165, 1.54) is 6.42 Å². The average molecular weight is 250 g/mol. The number of hydrogen-bond acceptors (Lipinski definition) is 3. The summed E-state index contributed by atoms with van der Waals surface area (Å²) >= 11 is 0. The summed E-state index contributed by atoms with van der Waals surface area (Å²) in [7, 11) is 1.80. The highest BCUT2D eigenvalue weighted by molar-refractivity contribution is 5.86. The summed E-state index contributed by atoms with van der Waals surface area (Å²) in [6.07, 6.45) is 4.89. The minimum Gasteiger partial charge on any atom is -0.464 e. The summed E-state index contributed by atoms with van der Waals surface area (Å²) in [5.41, 5.74) is 5.58. The Bertz CT molecular complexity index is 419. The molecule has 1 aliphatic rings. The van der Waals surface area contributed by atoms with E-state index in [9.17, 15) is 4.79 Å². The van der Waals surface area contributed by atoms with Gasteiger partial charge < -0.3 is 15.1 Å². The Morgan fingerprint density at radius 2 is 2.06 bits per heavy atom. The number of carbonyl (C=O) groups excluding carboxylic acids is 1. The van der Waals surface area contributed by atoms with E-state index in [4.69, 9.17) is 10.2 Å². The van der Waals surface area contributed by atoms with Crippen LogP contribution in [-0.2, 0) is 11.3 Å². The lowest BCUT2D eigenvalue weighted by molar-refractivity contribution is -0.137. The van der Waals surface area contributed by atoms with Crippen LogP contribution in [0.3, 0.4) is 0 Å². The molecule has 0 atom stereocenters. The Balaban J connectivity index is 1.99. The molecule has 1 amide bonds. The van der Waals surface area contributed by atoms with Gasteiger partial charge in [-0.2, -0.15) is 0 Å². The van der Waals surface area contributed by atoms with Crippen molar-refractivity contribution in [3.63, 3.8) is 0 Å². The SMILES string of the molecule is Cc1ccc(CN(C)C(=O)C2(N)CCCCC2)o1. The van der Waals surface area contributed by atoms with Crippen LogP contribution >= 0.6 is 0 Å². The molecule has 18 heavy (non-hydrogen) atoms. The van der Waals surface area contributed by atoms with Gasteiger partial charge in [-0.15, -0.1) is 0 Å². The van der Waals surface area contributed by atoms with Crippen molar-refractivity contribution in [2.45, 2.75) is 51.1 Å². The van der Waals surface area contributed by atoms with Gasteiger partial charge in [-0.1, -0.05) is 19.3 Å². The largest absolute Gasteiger partial charge is 0.464 e. The predicted molar refractivity (Wildman–Crippen MR) is 69.9 cm³/mol. The summed E-state index contributed by atoms with van der Waals surface area (Å²) in [5, 5.41) is 0. The second-order valence-electron chi connectivity index (χ2n) is 5.39. The molecule has 1 aromatic heterocycles. The second-order valence-corrected chi connectivity index (χ2v) is 5.39. The standard InChI is InChI=1S/C14H22N2O2/c1-11-6-7-12(18-11)10-16(2)13(17)14(15)8-4-3-5-9-14/h6-7H,3-5,8-10,15H2,1-2H3. The van der Waals surface area contributed by atoms with Gasteiger partial charge in [-0.3, -0.25) is 4.79 Å². The number of furan rings is 1. The molecule has 0 bridgehead atoms.